The zero-order valence-electron chi connectivity index (χ0n) is 13.2. The van der Waals surface area contributed by atoms with Crippen LogP contribution in [0.5, 0.6) is 0 Å². The fourth-order valence-corrected chi connectivity index (χ4v) is 3.56. The first-order valence-electron chi connectivity index (χ1n) is 7.52. The predicted molar refractivity (Wildman–Crippen MR) is 91.6 cm³/mol. The van der Waals surface area contributed by atoms with Gasteiger partial charge in [-0.3, -0.25) is 14.5 Å². The van der Waals surface area contributed by atoms with E-state index in [4.69, 9.17) is 4.74 Å². The zero-order chi connectivity index (χ0) is 17.6. The first-order valence-corrected chi connectivity index (χ1v) is 8.34. The summed E-state index contributed by atoms with van der Waals surface area (Å²) in [6, 6.07) is 12.1. The first kappa shape index (κ1) is 15.5. The fourth-order valence-electron chi connectivity index (χ4n) is 2.68. The molecule has 124 valence electrons. The number of imide groups is 1. The molecule has 0 atom stereocenters. The first-order chi connectivity index (χ1) is 12.0. The molecule has 0 spiro atoms. The minimum Gasteiger partial charge on any atom is -0.455 e. The lowest BCUT2D eigenvalue weighted by molar-refractivity contribution is 0.0472. The van der Waals surface area contributed by atoms with Crippen molar-refractivity contribution in [1.29, 1.82) is 0 Å². The zero-order valence-corrected chi connectivity index (χ0v) is 14.0. The smallest absolute Gasteiger partial charge is 0.338 e. The Labute approximate surface area is 146 Å². The molecule has 4 rings (SSSR count). The topological polar surface area (TPSA) is 76.6 Å². The van der Waals surface area contributed by atoms with E-state index in [1.54, 1.807) is 0 Å². The number of hydrogen-bond donors (Lipinski definition) is 0. The van der Waals surface area contributed by atoms with E-state index in [9.17, 15) is 14.4 Å². The van der Waals surface area contributed by atoms with Gasteiger partial charge in [-0.2, -0.15) is 0 Å². The maximum atomic E-state index is 12.2. The Kier molecular flexibility index (Phi) is 3.58. The fraction of sp³-hybridized carbons (Fsp3) is 0.111. The molecule has 0 saturated carbocycles. The molecule has 0 radical (unpaired) electrons. The number of para-hydroxylation sites is 1. The van der Waals surface area contributed by atoms with Gasteiger partial charge in [-0.05, 0) is 30.3 Å². The molecule has 0 N–H and O–H groups in total. The molecule has 7 heteroatoms. The lowest BCUT2D eigenvalue weighted by Gasteiger charge is -2.04. The highest BCUT2D eigenvalue weighted by molar-refractivity contribution is 7.18. The number of carbonyl (C=O) groups is 3. The summed E-state index contributed by atoms with van der Waals surface area (Å²) >= 11 is 1.46. The number of esters is 1. The highest BCUT2D eigenvalue weighted by Crippen LogP contribution is 2.24. The number of benzene rings is 2. The van der Waals surface area contributed by atoms with Gasteiger partial charge in [0.05, 0.1) is 26.9 Å². The average Bonchev–Trinajstić information content (AvgIpc) is 3.14. The second-order valence-corrected chi connectivity index (χ2v) is 6.70. The Balaban J connectivity index is 1.52. The normalized spacial score (nSPS) is 13.4. The molecular weight excluding hydrogens is 340 g/mol. The van der Waals surface area contributed by atoms with Crippen molar-refractivity contribution in [1.82, 2.24) is 9.88 Å². The predicted octanol–water partition coefficient (Wildman–Crippen LogP) is 2.88. The highest BCUT2D eigenvalue weighted by atomic mass is 32.1. The van der Waals surface area contributed by atoms with Crippen molar-refractivity contribution < 1.29 is 19.1 Å². The van der Waals surface area contributed by atoms with Gasteiger partial charge in [-0.1, -0.05) is 12.1 Å². The molecule has 2 amide bonds. The summed E-state index contributed by atoms with van der Waals surface area (Å²) in [5.74, 6) is -1.34. The number of hydrogen-bond acceptors (Lipinski definition) is 6. The quantitative estimate of drug-likeness (QED) is 0.535. The van der Waals surface area contributed by atoms with E-state index in [2.05, 4.69) is 4.98 Å². The number of fused-ring (bicyclic) bond motifs is 2. The summed E-state index contributed by atoms with van der Waals surface area (Å²) in [4.78, 5) is 41.6. The molecule has 0 saturated heterocycles. The van der Waals surface area contributed by atoms with Crippen LogP contribution < -0.4 is 0 Å². The van der Waals surface area contributed by atoms with Crippen LogP contribution in [0.1, 0.15) is 36.1 Å². The summed E-state index contributed by atoms with van der Waals surface area (Å²) in [6.45, 7) is 0.0576. The Morgan fingerprint density at radius 3 is 2.68 bits per heavy atom. The van der Waals surface area contributed by atoms with Crippen LogP contribution in [-0.2, 0) is 11.3 Å². The molecule has 2 heterocycles. The highest BCUT2D eigenvalue weighted by Gasteiger charge is 2.33. The van der Waals surface area contributed by atoms with Crippen molar-refractivity contribution in [3.8, 4) is 0 Å². The Hall–Kier alpha value is -3.06. The van der Waals surface area contributed by atoms with E-state index in [-0.39, 0.29) is 23.6 Å². The van der Waals surface area contributed by atoms with Crippen molar-refractivity contribution >= 4 is 39.3 Å². The monoisotopic (exact) mass is 352 g/mol. The van der Waals surface area contributed by atoms with Crippen molar-refractivity contribution in [3.63, 3.8) is 0 Å². The molecular formula is C18H12N2O4S. The number of ether oxygens (including phenoxy) is 1. The minimum absolute atomic E-state index is 0.0576. The van der Waals surface area contributed by atoms with Crippen LogP contribution in [0.2, 0.25) is 0 Å². The van der Waals surface area contributed by atoms with E-state index >= 15 is 0 Å². The van der Waals surface area contributed by atoms with Gasteiger partial charge >= 0.3 is 5.97 Å². The van der Waals surface area contributed by atoms with Gasteiger partial charge in [0.15, 0.2) is 0 Å². The summed E-state index contributed by atoms with van der Waals surface area (Å²) in [5, 5.41) is 0.696. The Bertz CT molecular complexity index is 1010. The van der Waals surface area contributed by atoms with E-state index in [0.717, 1.165) is 15.1 Å². The number of thiazole rings is 1. The van der Waals surface area contributed by atoms with Crippen molar-refractivity contribution in [2.75, 3.05) is 7.05 Å². The molecule has 6 nitrogen and oxygen atoms in total. The van der Waals surface area contributed by atoms with Gasteiger partial charge in [-0.15, -0.1) is 11.3 Å². The molecule has 2 aromatic carbocycles. The van der Waals surface area contributed by atoms with Crippen LogP contribution in [0.25, 0.3) is 10.2 Å². The van der Waals surface area contributed by atoms with Crippen LogP contribution in [0, 0.1) is 0 Å². The van der Waals surface area contributed by atoms with Gasteiger partial charge < -0.3 is 4.74 Å². The maximum Gasteiger partial charge on any atom is 0.338 e. The minimum atomic E-state index is -0.558. The van der Waals surface area contributed by atoms with E-state index in [1.165, 1.54) is 36.6 Å². The van der Waals surface area contributed by atoms with Gasteiger partial charge in [0, 0.05) is 7.05 Å². The Morgan fingerprint density at radius 1 is 1.12 bits per heavy atom. The number of rotatable bonds is 3. The number of carbonyl (C=O) groups excluding carboxylic acids is 3. The molecule has 1 aliphatic heterocycles. The Morgan fingerprint density at radius 2 is 1.88 bits per heavy atom. The van der Waals surface area contributed by atoms with Crippen LogP contribution >= 0.6 is 11.3 Å². The summed E-state index contributed by atoms with van der Waals surface area (Å²) < 4.78 is 6.32. The van der Waals surface area contributed by atoms with Crippen molar-refractivity contribution in [2.24, 2.45) is 0 Å². The van der Waals surface area contributed by atoms with Crippen LogP contribution in [0.4, 0.5) is 0 Å². The second-order valence-electron chi connectivity index (χ2n) is 5.58. The van der Waals surface area contributed by atoms with Gasteiger partial charge in [0.1, 0.15) is 11.6 Å². The molecule has 0 bridgehead atoms. The van der Waals surface area contributed by atoms with E-state index < -0.39 is 11.9 Å². The third-order valence-electron chi connectivity index (χ3n) is 3.99. The largest absolute Gasteiger partial charge is 0.455 e. The van der Waals surface area contributed by atoms with Crippen LogP contribution in [-0.4, -0.2) is 34.7 Å². The standard InChI is InChI=1S/C18H12N2O4S/c1-20-16(21)11-7-6-10(8-12(11)17(20)22)18(23)24-9-15-19-13-4-2-3-5-14(13)25-15/h2-8H,9H2,1H3. The maximum absolute atomic E-state index is 12.2. The second kappa shape index (κ2) is 5.78. The molecule has 3 aromatic rings. The molecule has 0 unspecified atom stereocenters. The number of nitrogens with zero attached hydrogens (tertiary/aromatic N) is 2. The number of aromatic nitrogens is 1. The van der Waals surface area contributed by atoms with Crippen LogP contribution in [0.15, 0.2) is 42.5 Å². The lowest BCUT2D eigenvalue weighted by Crippen LogP contribution is -2.24. The molecule has 25 heavy (non-hydrogen) atoms. The average molecular weight is 352 g/mol. The summed E-state index contributed by atoms with van der Waals surface area (Å²) in [5.41, 5.74) is 1.62. The molecule has 0 fully saturated rings. The summed E-state index contributed by atoms with van der Waals surface area (Å²) in [7, 11) is 1.41. The molecule has 0 aliphatic carbocycles. The van der Waals surface area contributed by atoms with Crippen molar-refractivity contribution in [2.45, 2.75) is 6.61 Å². The van der Waals surface area contributed by atoms with E-state index in [0.29, 0.717) is 10.6 Å². The number of amides is 2. The lowest BCUT2D eigenvalue weighted by atomic mass is 10.1. The van der Waals surface area contributed by atoms with Crippen molar-refractivity contribution in [3.05, 3.63) is 64.2 Å². The summed E-state index contributed by atoms with van der Waals surface area (Å²) in [6.07, 6.45) is 0. The van der Waals surface area contributed by atoms with E-state index in [1.807, 2.05) is 24.3 Å². The third-order valence-corrected chi connectivity index (χ3v) is 5.00. The van der Waals surface area contributed by atoms with Crippen LogP contribution in [0.3, 0.4) is 0 Å². The molecule has 1 aromatic heterocycles. The molecule has 1 aliphatic rings. The van der Waals surface area contributed by atoms with Gasteiger partial charge in [-0.25, -0.2) is 9.78 Å². The SMILES string of the molecule is CN1C(=O)c2ccc(C(=O)OCc3nc4ccccc4s3)cc2C1=O. The van der Waals surface area contributed by atoms with Gasteiger partial charge in [0.2, 0.25) is 0 Å². The van der Waals surface area contributed by atoms with Gasteiger partial charge in [0.25, 0.3) is 11.8 Å². The third kappa shape index (κ3) is 2.58.